The van der Waals surface area contributed by atoms with E-state index in [2.05, 4.69) is 0 Å². The van der Waals surface area contributed by atoms with Gasteiger partial charge in [0.2, 0.25) is 0 Å². The van der Waals surface area contributed by atoms with Gasteiger partial charge in [-0.3, -0.25) is 0 Å². The molecule has 3 aromatic heterocycles. The van der Waals surface area contributed by atoms with E-state index in [9.17, 15) is 35.8 Å². The van der Waals surface area contributed by atoms with Crippen LogP contribution in [0.25, 0.3) is 34.4 Å². The van der Waals surface area contributed by atoms with E-state index in [1.807, 2.05) is 32.9 Å². The van der Waals surface area contributed by atoms with Crippen LogP contribution in [-0.4, -0.2) is 37.2 Å². The Balaban J connectivity index is 1.65. The highest BCUT2D eigenvalue weighted by Crippen LogP contribution is 2.40. The predicted octanol–water partition coefficient (Wildman–Crippen LogP) is 7.13. The van der Waals surface area contributed by atoms with Gasteiger partial charge in [-0.25, -0.2) is 37.2 Å². The Hall–Kier alpha value is -6.19. The molecular weight excluding hydrogens is 731 g/mol. The first-order valence-corrected chi connectivity index (χ1v) is 20.2. The highest BCUT2D eigenvalue weighted by atomic mass is 32.2. The lowest BCUT2D eigenvalue weighted by molar-refractivity contribution is 0.585. The van der Waals surface area contributed by atoms with Crippen LogP contribution in [-0.2, 0) is 30.1 Å². The topological polar surface area (TPSA) is 165 Å². The fraction of sp³-hybridized carbons (Fsp3) is 0.0769. The smallest absolute Gasteiger partial charge is 0.248 e. The molecule has 0 saturated carbocycles. The second kappa shape index (κ2) is 14.1. The molecule has 11 nitrogen and oxygen atoms in total. The molecule has 0 N–H and O–H groups in total. The number of aromatic nitrogens is 3. The zero-order chi connectivity index (χ0) is 38.1. The number of rotatable bonds is 10. The summed E-state index contributed by atoms with van der Waals surface area (Å²) in [6, 6.07) is 22.5. The van der Waals surface area contributed by atoms with Crippen molar-refractivity contribution in [2.24, 2.45) is 0 Å². The molecule has 0 fully saturated rings. The lowest BCUT2D eigenvalue weighted by Crippen LogP contribution is -2.11. The molecule has 266 valence electrons. The molecule has 0 aliphatic carbocycles. The summed E-state index contributed by atoms with van der Waals surface area (Å²) in [6.45, 7) is 5.47. The van der Waals surface area contributed by atoms with Crippen molar-refractivity contribution in [3.05, 3.63) is 150 Å². The molecule has 0 amide bonds. The third-order valence-electron chi connectivity index (χ3n) is 8.51. The Morgan fingerprint density at radius 2 is 0.698 bits per heavy atom. The summed E-state index contributed by atoms with van der Waals surface area (Å²) >= 11 is 0. The summed E-state index contributed by atoms with van der Waals surface area (Å²) < 4.78 is 86.5. The van der Waals surface area contributed by atoms with Gasteiger partial charge in [-0.1, -0.05) is 53.1 Å². The van der Waals surface area contributed by atoms with Gasteiger partial charge in [0.15, 0.2) is 0 Å². The first-order valence-electron chi connectivity index (χ1n) is 15.9. The molecule has 0 radical (unpaired) electrons. The van der Waals surface area contributed by atoms with Gasteiger partial charge in [0.25, 0.3) is 30.1 Å². The third kappa shape index (κ3) is 7.03. The summed E-state index contributed by atoms with van der Waals surface area (Å²) in [6.07, 6.45) is 13.0. The molecule has 3 aromatic carbocycles. The van der Waals surface area contributed by atoms with Crippen LogP contribution in [0.3, 0.4) is 0 Å². The van der Waals surface area contributed by atoms with E-state index in [-0.39, 0.29) is 48.1 Å². The average molecular weight is 762 g/mol. The average Bonchev–Trinajstić information content (AvgIpc) is 3.88. The number of hydrogen-bond donors (Lipinski definition) is 0. The Bertz CT molecular complexity index is 2690. The maximum atomic E-state index is 14.1. The highest BCUT2D eigenvalue weighted by Gasteiger charge is 2.27. The van der Waals surface area contributed by atoms with Gasteiger partial charge in [-0.15, -0.1) is 0 Å². The third-order valence-corrected chi connectivity index (χ3v) is 13.4. The van der Waals surface area contributed by atoms with Gasteiger partial charge in [-0.2, -0.15) is 10.5 Å². The SMILES string of the molecule is Cc1ccc(S(=O)(=O)n2cc(/C=C/C#N)c(-c3cn(S(=O)(=O)c4ccc(C)cc4)cc3-c3cn(S(=O)(=O)c4ccc(C)cc4)cc3/C=C/C#N)c2)cc1. The van der Waals surface area contributed by atoms with Crippen LogP contribution < -0.4 is 0 Å². The molecule has 0 aliphatic rings. The van der Waals surface area contributed by atoms with Crippen molar-refractivity contribution < 1.29 is 25.3 Å². The van der Waals surface area contributed by atoms with E-state index in [0.29, 0.717) is 0 Å². The Morgan fingerprint density at radius 3 is 0.981 bits per heavy atom. The lowest BCUT2D eigenvalue weighted by Gasteiger charge is -2.06. The van der Waals surface area contributed by atoms with Crippen LogP contribution in [0.1, 0.15) is 27.8 Å². The fourth-order valence-electron chi connectivity index (χ4n) is 5.63. The number of benzene rings is 3. The Morgan fingerprint density at radius 1 is 0.434 bits per heavy atom. The van der Waals surface area contributed by atoms with Gasteiger partial charge >= 0.3 is 0 Å². The molecule has 14 heteroatoms. The van der Waals surface area contributed by atoms with Gasteiger partial charge < -0.3 is 0 Å². The maximum Gasteiger partial charge on any atom is 0.267 e. The van der Waals surface area contributed by atoms with Gasteiger partial charge in [0, 0.05) is 82.7 Å². The zero-order valence-corrected chi connectivity index (χ0v) is 31.1. The highest BCUT2D eigenvalue weighted by molar-refractivity contribution is 7.90. The first-order chi connectivity index (χ1) is 25.2. The standard InChI is InChI=1S/C39H31N5O6S3/c1-28-8-14-33(15-9-28)51(45,46)42-22-31(6-4-20-40)36(24-42)38-26-44(53(49,50)35-18-12-30(3)13-19-35)27-39(38)37-25-43(23-32(37)7-5-21-41)52(47,48)34-16-10-29(2)11-17-34/h4-19,22-27H,1-3H3/b6-4+,7-5+. The second-order valence-corrected chi connectivity index (χ2v) is 17.7. The minimum absolute atomic E-state index is 0.00233. The predicted molar refractivity (Wildman–Crippen MR) is 202 cm³/mol. The zero-order valence-electron chi connectivity index (χ0n) is 28.6. The minimum Gasteiger partial charge on any atom is -0.248 e. The largest absolute Gasteiger partial charge is 0.267 e. The quantitative estimate of drug-likeness (QED) is 0.133. The van der Waals surface area contributed by atoms with Crippen molar-refractivity contribution in [2.45, 2.75) is 35.5 Å². The van der Waals surface area contributed by atoms with E-state index in [4.69, 9.17) is 0 Å². The van der Waals surface area contributed by atoms with Crippen LogP contribution in [0.4, 0.5) is 0 Å². The molecule has 0 saturated heterocycles. The van der Waals surface area contributed by atoms with Crippen LogP contribution in [0.15, 0.2) is 137 Å². The summed E-state index contributed by atoms with van der Waals surface area (Å²) in [5.74, 6) is 0. The van der Waals surface area contributed by atoms with E-state index >= 15 is 0 Å². The molecule has 0 unspecified atom stereocenters. The van der Waals surface area contributed by atoms with Crippen molar-refractivity contribution in [1.29, 1.82) is 10.5 Å². The molecule has 0 aliphatic heterocycles. The summed E-state index contributed by atoms with van der Waals surface area (Å²) in [7, 11) is -12.6. The number of aryl methyl sites for hydroxylation is 3. The summed E-state index contributed by atoms with van der Waals surface area (Å²) in [5.41, 5.74) is 3.93. The molecule has 53 heavy (non-hydrogen) atoms. The summed E-state index contributed by atoms with van der Waals surface area (Å²) in [5, 5.41) is 18.8. The molecular formula is C39H31N5O6S3. The van der Waals surface area contributed by atoms with Gasteiger partial charge in [-0.05, 0) is 69.3 Å². The number of hydrogen-bond acceptors (Lipinski definition) is 8. The molecule has 0 atom stereocenters. The van der Waals surface area contributed by atoms with Gasteiger partial charge in [0.1, 0.15) is 0 Å². The van der Waals surface area contributed by atoms with Crippen molar-refractivity contribution in [1.82, 2.24) is 11.9 Å². The number of nitriles is 2. The van der Waals surface area contributed by atoms with Gasteiger partial charge in [0.05, 0.1) is 26.8 Å². The molecule has 0 bridgehead atoms. The van der Waals surface area contributed by atoms with Crippen molar-refractivity contribution >= 4 is 42.2 Å². The van der Waals surface area contributed by atoms with E-state index in [1.165, 1.54) is 85.7 Å². The summed E-state index contributed by atoms with van der Waals surface area (Å²) in [4.78, 5) is -0.0190. The number of nitrogens with zero attached hydrogens (tertiary/aromatic N) is 5. The van der Waals surface area contributed by atoms with Crippen LogP contribution >= 0.6 is 0 Å². The molecule has 6 rings (SSSR count). The molecule has 3 heterocycles. The van der Waals surface area contributed by atoms with Crippen LogP contribution in [0.2, 0.25) is 0 Å². The van der Waals surface area contributed by atoms with Crippen LogP contribution in [0, 0.1) is 43.4 Å². The Labute approximate surface area is 308 Å². The van der Waals surface area contributed by atoms with Crippen molar-refractivity contribution in [3.8, 4) is 34.4 Å². The fourth-order valence-corrected chi connectivity index (χ4v) is 9.29. The monoisotopic (exact) mass is 761 g/mol. The number of allylic oxidation sites excluding steroid dienone is 2. The van der Waals surface area contributed by atoms with Crippen molar-refractivity contribution in [3.63, 3.8) is 0 Å². The molecule has 6 aromatic rings. The van der Waals surface area contributed by atoms with E-state index in [1.54, 1.807) is 36.4 Å². The van der Waals surface area contributed by atoms with Crippen molar-refractivity contribution in [2.75, 3.05) is 0 Å². The normalized spacial score (nSPS) is 12.3. The van der Waals surface area contributed by atoms with E-state index < -0.39 is 30.1 Å². The minimum atomic E-state index is -4.24. The van der Waals surface area contributed by atoms with E-state index in [0.717, 1.165) is 40.8 Å². The second-order valence-electron chi connectivity index (χ2n) is 12.2. The molecule has 0 spiro atoms. The lowest BCUT2D eigenvalue weighted by atomic mass is 9.97. The Kier molecular flexibility index (Phi) is 9.73. The van der Waals surface area contributed by atoms with Crippen LogP contribution in [0.5, 0.6) is 0 Å². The first kappa shape index (κ1) is 36.6. The maximum absolute atomic E-state index is 14.1.